The number of fused-ring (bicyclic) bond motifs is 9. The number of hydrogen-bond donors (Lipinski definition) is 0. The minimum Gasteiger partial charge on any atom is -0.493 e. The molecule has 2 aromatic rings. The van der Waals surface area contributed by atoms with E-state index in [1.54, 1.807) is 20.3 Å². The Balaban J connectivity index is 1.61. The molecule has 0 aliphatic carbocycles. The molecule has 4 unspecified atom stereocenters. The Labute approximate surface area is 246 Å². The van der Waals surface area contributed by atoms with Crippen molar-refractivity contribution in [1.82, 2.24) is 9.80 Å². The zero-order chi connectivity index (χ0) is 29.7. The number of nitriles is 2. The molecule has 0 saturated carbocycles. The van der Waals surface area contributed by atoms with Crippen molar-refractivity contribution < 1.29 is 28.4 Å². The van der Waals surface area contributed by atoms with E-state index >= 15 is 0 Å². The zero-order valence-corrected chi connectivity index (χ0v) is 24.7. The van der Waals surface area contributed by atoms with Crippen LogP contribution in [0.15, 0.2) is 18.7 Å². The minimum absolute atomic E-state index is 0.0728. The number of ether oxygens (including phenoxy) is 6. The van der Waals surface area contributed by atoms with Crippen LogP contribution in [0.5, 0.6) is 28.7 Å². The molecule has 0 N–H and O–H groups in total. The van der Waals surface area contributed by atoms with Gasteiger partial charge in [0.25, 0.3) is 0 Å². The number of likely N-dealkylation sites (N-methyl/N-ethyl adjacent to an activating group) is 1. The summed E-state index contributed by atoms with van der Waals surface area (Å²) in [5.74, 6) is 3.34. The molecule has 0 spiro atoms. The highest BCUT2D eigenvalue weighted by molar-refractivity contribution is 5.66. The Hall–Kier alpha value is -3.96. The maximum Gasteiger partial charge on any atom is 0.231 e. The van der Waals surface area contributed by atoms with Gasteiger partial charge in [-0.25, -0.2) is 0 Å². The summed E-state index contributed by atoms with van der Waals surface area (Å²) < 4.78 is 35.7. The van der Waals surface area contributed by atoms with Gasteiger partial charge in [-0.05, 0) is 44.9 Å². The van der Waals surface area contributed by atoms with Gasteiger partial charge >= 0.3 is 0 Å². The molecule has 10 heteroatoms. The standard InChI is InChI=1S/C32H36N4O6/c1-7-10-39-29-18(3)30-32(42-16-41-30)26-20(29)13-23-27-25-19(11-17(2)28(38-6)31(25)40-15-37-5)12-22(35(27)4)24(14-34)36(23)21(26)8-9-33/h7,11,21-24,27H,1,8,10,12-13,15-16H2,2-6H3/t21?,22?,23?,24-,27?/m0/s1. The average molecular weight is 573 g/mol. The fraction of sp³-hybridized carbons (Fsp3) is 0.500. The van der Waals surface area contributed by atoms with Crippen molar-refractivity contribution in [3.63, 3.8) is 0 Å². The highest BCUT2D eigenvalue weighted by Crippen LogP contribution is 2.59. The van der Waals surface area contributed by atoms with Crippen LogP contribution in [-0.2, 0) is 17.6 Å². The van der Waals surface area contributed by atoms with Crippen LogP contribution in [0.4, 0.5) is 0 Å². The highest BCUT2D eigenvalue weighted by atomic mass is 16.7. The van der Waals surface area contributed by atoms with Crippen LogP contribution in [-0.4, -0.2) is 69.4 Å². The molecule has 10 nitrogen and oxygen atoms in total. The summed E-state index contributed by atoms with van der Waals surface area (Å²) >= 11 is 0. The Kier molecular flexibility index (Phi) is 7.40. The number of hydrogen-bond acceptors (Lipinski definition) is 10. The SMILES string of the molecule is C=CCOc1c(C)c2c(c3c1CC1C4c5c(cc(C)c(OC)c5OCOC)CC([C@H](C#N)N1C3CC#N)N4C)OCO2. The molecule has 1 fully saturated rings. The first-order valence-corrected chi connectivity index (χ1v) is 14.2. The molecule has 4 heterocycles. The fourth-order valence-electron chi connectivity index (χ4n) is 7.69. The monoisotopic (exact) mass is 572 g/mol. The van der Waals surface area contributed by atoms with Crippen molar-refractivity contribution in [1.29, 1.82) is 10.5 Å². The smallest absolute Gasteiger partial charge is 0.231 e. The van der Waals surface area contributed by atoms with Gasteiger partial charge < -0.3 is 28.4 Å². The first-order valence-electron chi connectivity index (χ1n) is 14.2. The maximum atomic E-state index is 10.7. The maximum absolute atomic E-state index is 10.7. The van der Waals surface area contributed by atoms with Gasteiger partial charge in [-0.3, -0.25) is 9.80 Å². The molecule has 42 heavy (non-hydrogen) atoms. The van der Waals surface area contributed by atoms with Crippen molar-refractivity contribution >= 4 is 0 Å². The van der Waals surface area contributed by atoms with Gasteiger partial charge in [-0.2, -0.15) is 10.5 Å². The van der Waals surface area contributed by atoms with E-state index in [4.69, 9.17) is 28.4 Å². The number of methoxy groups -OCH3 is 2. The summed E-state index contributed by atoms with van der Waals surface area (Å²) in [6.07, 6.45) is 3.12. The molecular weight excluding hydrogens is 536 g/mol. The van der Waals surface area contributed by atoms with E-state index < -0.39 is 12.1 Å². The Morgan fingerprint density at radius 2 is 1.83 bits per heavy atom. The second kappa shape index (κ2) is 11.0. The Morgan fingerprint density at radius 1 is 1.05 bits per heavy atom. The largest absolute Gasteiger partial charge is 0.493 e. The van der Waals surface area contributed by atoms with Crippen LogP contribution in [0.3, 0.4) is 0 Å². The van der Waals surface area contributed by atoms with Crippen LogP contribution in [0.1, 0.15) is 51.9 Å². The van der Waals surface area contributed by atoms with Crippen LogP contribution >= 0.6 is 0 Å². The molecule has 0 amide bonds. The lowest BCUT2D eigenvalue weighted by Gasteiger charge is -2.59. The molecule has 0 radical (unpaired) electrons. The van der Waals surface area contributed by atoms with Gasteiger partial charge in [-0.15, -0.1) is 0 Å². The summed E-state index contributed by atoms with van der Waals surface area (Å²) in [4.78, 5) is 4.56. The van der Waals surface area contributed by atoms with Crippen molar-refractivity contribution in [2.75, 3.05) is 41.5 Å². The van der Waals surface area contributed by atoms with Crippen LogP contribution in [0, 0.1) is 36.5 Å². The summed E-state index contributed by atoms with van der Waals surface area (Å²) in [6, 6.07) is 5.92. The number of nitrogens with zero attached hydrogens (tertiary/aromatic N) is 4. The van der Waals surface area contributed by atoms with Crippen molar-refractivity contribution in [3.05, 3.63) is 52.1 Å². The molecule has 4 aliphatic heterocycles. The van der Waals surface area contributed by atoms with Crippen LogP contribution in [0.2, 0.25) is 0 Å². The van der Waals surface area contributed by atoms with E-state index in [2.05, 4.69) is 41.6 Å². The van der Waals surface area contributed by atoms with Crippen molar-refractivity contribution in [3.8, 4) is 40.9 Å². The first kappa shape index (κ1) is 28.2. The van der Waals surface area contributed by atoms with E-state index in [9.17, 15) is 10.5 Å². The third-order valence-electron chi connectivity index (χ3n) is 9.20. The number of rotatable bonds is 8. The van der Waals surface area contributed by atoms with E-state index in [1.807, 2.05) is 13.8 Å². The third-order valence-corrected chi connectivity index (χ3v) is 9.20. The Bertz CT molecular complexity index is 1510. The van der Waals surface area contributed by atoms with Crippen molar-refractivity contribution in [2.45, 2.75) is 63.3 Å². The van der Waals surface area contributed by atoms with Crippen LogP contribution in [0.25, 0.3) is 0 Å². The van der Waals surface area contributed by atoms with E-state index in [-0.39, 0.29) is 38.1 Å². The van der Waals surface area contributed by atoms with E-state index in [1.165, 1.54) is 0 Å². The second-order valence-corrected chi connectivity index (χ2v) is 11.2. The van der Waals surface area contributed by atoms with Gasteiger partial charge in [0, 0.05) is 41.4 Å². The quantitative estimate of drug-likeness (QED) is 0.336. The Morgan fingerprint density at radius 3 is 2.52 bits per heavy atom. The lowest BCUT2D eigenvalue weighted by Crippen LogP contribution is -2.68. The van der Waals surface area contributed by atoms with E-state index in [0.717, 1.165) is 39.1 Å². The number of piperazine rings is 1. The van der Waals surface area contributed by atoms with Gasteiger partial charge in [0.05, 0.1) is 37.8 Å². The molecule has 0 aromatic heterocycles. The topological polar surface area (TPSA) is 109 Å². The van der Waals surface area contributed by atoms with Crippen molar-refractivity contribution in [2.24, 2.45) is 0 Å². The lowest BCUT2D eigenvalue weighted by molar-refractivity contribution is -0.0729. The average Bonchev–Trinajstić information content (AvgIpc) is 3.47. The third kappa shape index (κ3) is 4.01. The molecule has 2 bridgehead atoms. The molecular formula is C32H36N4O6. The fourth-order valence-corrected chi connectivity index (χ4v) is 7.69. The molecule has 6 rings (SSSR count). The van der Waals surface area contributed by atoms with Crippen LogP contribution < -0.4 is 23.7 Å². The number of benzene rings is 2. The lowest BCUT2D eigenvalue weighted by atomic mass is 9.71. The molecule has 5 atom stereocenters. The van der Waals surface area contributed by atoms with Gasteiger partial charge in [-0.1, -0.05) is 18.7 Å². The molecule has 2 aromatic carbocycles. The van der Waals surface area contributed by atoms with E-state index in [0.29, 0.717) is 42.4 Å². The predicted octanol–water partition coefficient (Wildman–Crippen LogP) is 4.27. The second-order valence-electron chi connectivity index (χ2n) is 11.2. The number of aryl methyl sites for hydroxylation is 1. The summed E-state index contributed by atoms with van der Waals surface area (Å²) in [5.41, 5.74) is 5.86. The predicted molar refractivity (Wildman–Crippen MR) is 153 cm³/mol. The summed E-state index contributed by atoms with van der Waals surface area (Å²) in [5, 5.41) is 20.8. The highest BCUT2D eigenvalue weighted by Gasteiger charge is 2.56. The minimum atomic E-state index is -0.460. The normalized spacial score (nSPS) is 25.4. The summed E-state index contributed by atoms with van der Waals surface area (Å²) in [6.45, 7) is 8.32. The molecule has 220 valence electrons. The molecule has 4 aliphatic rings. The summed E-state index contributed by atoms with van der Waals surface area (Å²) in [7, 11) is 5.33. The van der Waals surface area contributed by atoms with Gasteiger partial charge in [0.2, 0.25) is 6.79 Å². The molecule has 1 saturated heterocycles. The van der Waals surface area contributed by atoms with Gasteiger partial charge in [0.15, 0.2) is 29.8 Å². The van der Waals surface area contributed by atoms with Gasteiger partial charge in [0.1, 0.15) is 18.4 Å². The first-order chi connectivity index (χ1) is 20.4. The zero-order valence-electron chi connectivity index (χ0n) is 24.7.